The number of aromatic carboxylic acids is 1. The number of hydrogen-bond acceptors (Lipinski definition) is 4. The van der Waals surface area contributed by atoms with Crippen LogP contribution in [0, 0.1) is 6.92 Å². The normalized spacial score (nSPS) is 13.9. The minimum Gasteiger partial charge on any atom is -0.478 e. The first kappa shape index (κ1) is 15.6. The SMILES string of the molecule is CCCc1nc(C)c(CN2CCCc3c(C(=O)O)cccc32)o1. The Morgan fingerprint density at radius 2 is 2.26 bits per heavy atom. The summed E-state index contributed by atoms with van der Waals surface area (Å²) >= 11 is 0. The summed E-state index contributed by atoms with van der Waals surface area (Å²) in [6, 6.07) is 5.50. The van der Waals surface area contributed by atoms with Crippen molar-refractivity contribution in [3.05, 3.63) is 46.7 Å². The Kier molecular flexibility index (Phi) is 4.37. The van der Waals surface area contributed by atoms with E-state index in [0.717, 1.165) is 60.8 Å². The molecule has 122 valence electrons. The second-order valence-electron chi connectivity index (χ2n) is 6.00. The summed E-state index contributed by atoms with van der Waals surface area (Å²) < 4.78 is 5.88. The molecule has 1 N–H and O–H groups in total. The number of aromatic nitrogens is 1. The second kappa shape index (κ2) is 6.44. The van der Waals surface area contributed by atoms with Crippen molar-refractivity contribution in [2.75, 3.05) is 11.4 Å². The van der Waals surface area contributed by atoms with Gasteiger partial charge in [0.1, 0.15) is 5.76 Å². The number of benzene rings is 1. The van der Waals surface area contributed by atoms with E-state index < -0.39 is 5.97 Å². The number of rotatable bonds is 5. The molecule has 0 spiro atoms. The van der Waals surface area contributed by atoms with Crippen LogP contribution in [0.15, 0.2) is 22.6 Å². The van der Waals surface area contributed by atoms with Gasteiger partial charge in [0.25, 0.3) is 0 Å². The van der Waals surface area contributed by atoms with Gasteiger partial charge in [-0.1, -0.05) is 13.0 Å². The van der Waals surface area contributed by atoms with Gasteiger partial charge in [-0.05, 0) is 43.9 Å². The molecule has 5 heteroatoms. The van der Waals surface area contributed by atoms with Crippen LogP contribution in [0.25, 0.3) is 0 Å². The van der Waals surface area contributed by atoms with Crippen molar-refractivity contribution < 1.29 is 14.3 Å². The first-order valence-corrected chi connectivity index (χ1v) is 8.15. The van der Waals surface area contributed by atoms with Gasteiger partial charge in [-0.2, -0.15) is 0 Å². The Morgan fingerprint density at radius 1 is 1.43 bits per heavy atom. The highest BCUT2D eigenvalue weighted by Crippen LogP contribution is 2.31. The summed E-state index contributed by atoms with van der Waals surface area (Å²) in [6.07, 6.45) is 3.62. The van der Waals surface area contributed by atoms with Gasteiger partial charge < -0.3 is 14.4 Å². The smallest absolute Gasteiger partial charge is 0.336 e. The van der Waals surface area contributed by atoms with Crippen molar-refractivity contribution in [2.24, 2.45) is 0 Å². The third kappa shape index (κ3) is 3.09. The molecule has 1 aliphatic rings. The van der Waals surface area contributed by atoms with Crippen LogP contribution in [0.4, 0.5) is 5.69 Å². The lowest BCUT2D eigenvalue weighted by Gasteiger charge is -2.31. The van der Waals surface area contributed by atoms with Crippen molar-refractivity contribution in [3.8, 4) is 0 Å². The Labute approximate surface area is 135 Å². The molecule has 0 fully saturated rings. The van der Waals surface area contributed by atoms with Gasteiger partial charge in [0, 0.05) is 18.7 Å². The molecule has 23 heavy (non-hydrogen) atoms. The van der Waals surface area contributed by atoms with E-state index >= 15 is 0 Å². The van der Waals surface area contributed by atoms with Gasteiger partial charge in [0.05, 0.1) is 17.8 Å². The monoisotopic (exact) mass is 314 g/mol. The molecular formula is C18H22N2O3. The average Bonchev–Trinajstić information content (AvgIpc) is 2.87. The number of hydrogen-bond donors (Lipinski definition) is 1. The summed E-state index contributed by atoms with van der Waals surface area (Å²) in [5, 5.41) is 9.38. The molecule has 0 aliphatic carbocycles. The minimum absolute atomic E-state index is 0.410. The van der Waals surface area contributed by atoms with Crippen molar-refractivity contribution in [1.82, 2.24) is 4.98 Å². The summed E-state index contributed by atoms with van der Waals surface area (Å²) in [6.45, 7) is 5.61. The van der Waals surface area contributed by atoms with Gasteiger partial charge in [-0.25, -0.2) is 9.78 Å². The first-order valence-electron chi connectivity index (χ1n) is 8.15. The highest BCUT2D eigenvalue weighted by atomic mass is 16.4. The minimum atomic E-state index is -0.857. The number of oxazole rings is 1. The highest BCUT2D eigenvalue weighted by molar-refractivity contribution is 5.91. The van der Waals surface area contributed by atoms with Gasteiger partial charge >= 0.3 is 5.97 Å². The standard InChI is InChI=1S/C18H22N2O3/c1-3-6-17-19-12(2)16(23-17)11-20-10-5-8-13-14(18(21)22)7-4-9-15(13)20/h4,7,9H,3,5-6,8,10-11H2,1-2H3,(H,21,22). The summed E-state index contributed by atoms with van der Waals surface area (Å²) in [5.74, 6) is 0.809. The largest absolute Gasteiger partial charge is 0.478 e. The Hall–Kier alpha value is -2.30. The lowest BCUT2D eigenvalue weighted by molar-refractivity contribution is 0.0695. The van der Waals surface area contributed by atoms with E-state index in [1.165, 1.54) is 0 Å². The summed E-state index contributed by atoms with van der Waals surface area (Å²) in [5.41, 5.74) is 3.27. The summed E-state index contributed by atoms with van der Waals surface area (Å²) in [4.78, 5) is 18.1. The highest BCUT2D eigenvalue weighted by Gasteiger charge is 2.23. The molecule has 2 aromatic rings. The van der Waals surface area contributed by atoms with E-state index in [-0.39, 0.29) is 0 Å². The molecule has 0 bridgehead atoms. The van der Waals surface area contributed by atoms with E-state index in [9.17, 15) is 9.90 Å². The van der Waals surface area contributed by atoms with Gasteiger partial charge in [-0.15, -0.1) is 0 Å². The maximum absolute atomic E-state index is 11.4. The third-order valence-corrected chi connectivity index (χ3v) is 4.31. The van der Waals surface area contributed by atoms with Crippen LogP contribution in [-0.2, 0) is 19.4 Å². The second-order valence-corrected chi connectivity index (χ2v) is 6.00. The number of carbonyl (C=O) groups is 1. The number of carboxylic acid groups (broad SMARTS) is 1. The Balaban J connectivity index is 1.89. The zero-order valence-electron chi connectivity index (χ0n) is 13.6. The molecular weight excluding hydrogens is 292 g/mol. The molecule has 0 saturated heterocycles. The fourth-order valence-corrected chi connectivity index (χ4v) is 3.19. The van der Waals surface area contributed by atoms with Gasteiger partial charge in [0.15, 0.2) is 5.89 Å². The lowest BCUT2D eigenvalue weighted by Crippen LogP contribution is -2.30. The van der Waals surface area contributed by atoms with E-state index in [2.05, 4.69) is 16.8 Å². The molecule has 0 amide bonds. The summed E-state index contributed by atoms with van der Waals surface area (Å²) in [7, 11) is 0. The number of nitrogens with zero attached hydrogens (tertiary/aromatic N) is 2. The number of carboxylic acids is 1. The molecule has 0 radical (unpaired) electrons. The van der Waals surface area contributed by atoms with E-state index in [0.29, 0.717) is 12.1 Å². The average molecular weight is 314 g/mol. The quantitative estimate of drug-likeness (QED) is 0.913. The van der Waals surface area contributed by atoms with Crippen LogP contribution in [0.5, 0.6) is 0 Å². The van der Waals surface area contributed by atoms with Crippen molar-refractivity contribution in [1.29, 1.82) is 0 Å². The number of anilines is 1. The van der Waals surface area contributed by atoms with Crippen LogP contribution in [0.1, 0.15) is 53.0 Å². The third-order valence-electron chi connectivity index (χ3n) is 4.31. The Bertz CT molecular complexity index is 721. The fourth-order valence-electron chi connectivity index (χ4n) is 3.19. The molecule has 0 saturated carbocycles. The maximum Gasteiger partial charge on any atom is 0.336 e. The predicted molar refractivity (Wildman–Crippen MR) is 88.0 cm³/mol. The molecule has 3 rings (SSSR count). The van der Waals surface area contributed by atoms with Gasteiger partial charge in [-0.3, -0.25) is 0 Å². The molecule has 1 aromatic carbocycles. The van der Waals surface area contributed by atoms with Crippen LogP contribution in [0.2, 0.25) is 0 Å². The molecule has 0 unspecified atom stereocenters. The number of aryl methyl sites for hydroxylation is 2. The zero-order chi connectivity index (χ0) is 16.4. The van der Waals surface area contributed by atoms with Gasteiger partial charge in [0.2, 0.25) is 0 Å². The Morgan fingerprint density at radius 3 is 3.00 bits per heavy atom. The predicted octanol–water partition coefficient (Wildman–Crippen LogP) is 3.59. The topological polar surface area (TPSA) is 66.6 Å². The zero-order valence-corrected chi connectivity index (χ0v) is 13.6. The van der Waals surface area contributed by atoms with Crippen LogP contribution in [0.3, 0.4) is 0 Å². The molecule has 1 aromatic heterocycles. The van der Waals surface area contributed by atoms with Crippen molar-refractivity contribution in [3.63, 3.8) is 0 Å². The van der Waals surface area contributed by atoms with Crippen LogP contribution in [-0.4, -0.2) is 22.6 Å². The van der Waals surface area contributed by atoms with Crippen molar-refractivity contribution in [2.45, 2.75) is 46.1 Å². The molecule has 5 nitrogen and oxygen atoms in total. The lowest BCUT2D eigenvalue weighted by atomic mass is 9.96. The molecule has 2 heterocycles. The fraction of sp³-hybridized carbons (Fsp3) is 0.444. The number of fused-ring (bicyclic) bond motifs is 1. The van der Waals surface area contributed by atoms with Crippen LogP contribution >= 0.6 is 0 Å². The van der Waals surface area contributed by atoms with Crippen molar-refractivity contribution >= 4 is 11.7 Å². The van der Waals surface area contributed by atoms with E-state index in [4.69, 9.17) is 4.42 Å². The first-order chi connectivity index (χ1) is 11.1. The van der Waals surface area contributed by atoms with E-state index in [1.54, 1.807) is 6.07 Å². The van der Waals surface area contributed by atoms with E-state index in [1.807, 2.05) is 19.1 Å². The maximum atomic E-state index is 11.4. The molecule has 1 aliphatic heterocycles. The van der Waals surface area contributed by atoms with Crippen LogP contribution < -0.4 is 4.90 Å². The molecule has 0 atom stereocenters.